The van der Waals surface area contributed by atoms with Crippen molar-refractivity contribution in [3.05, 3.63) is 0 Å². The lowest BCUT2D eigenvalue weighted by Crippen LogP contribution is -2.44. The number of nitrogens with zero attached hydrogens (tertiary/aromatic N) is 1. The normalized spacial score (nSPS) is 23.1. The summed E-state index contributed by atoms with van der Waals surface area (Å²) in [5, 5.41) is 3.06. The number of rotatable bonds is 10. The van der Waals surface area contributed by atoms with Crippen LogP contribution in [0.5, 0.6) is 0 Å². The van der Waals surface area contributed by atoms with Gasteiger partial charge in [0.2, 0.25) is 5.91 Å². The number of carbonyl (C=O) groups is 1. The van der Waals surface area contributed by atoms with Crippen molar-refractivity contribution in [3.8, 4) is 0 Å². The molecule has 2 unspecified atom stereocenters. The van der Waals surface area contributed by atoms with Gasteiger partial charge < -0.3 is 14.8 Å². The molecule has 1 aliphatic rings. The van der Waals surface area contributed by atoms with Gasteiger partial charge in [0.05, 0.1) is 18.8 Å². The number of amides is 1. The van der Waals surface area contributed by atoms with Gasteiger partial charge >= 0.3 is 0 Å². The zero-order chi connectivity index (χ0) is 14.8. The highest BCUT2D eigenvalue weighted by Crippen LogP contribution is 2.19. The molecule has 5 nitrogen and oxygen atoms in total. The van der Waals surface area contributed by atoms with Crippen LogP contribution in [0, 0.1) is 0 Å². The van der Waals surface area contributed by atoms with Crippen molar-refractivity contribution >= 4 is 5.91 Å². The average Bonchev–Trinajstić information content (AvgIpc) is 2.88. The van der Waals surface area contributed by atoms with E-state index < -0.39 is 0 Å². The summed E-state index contributed by atoms with van der Waals surface area (Å²) in [5.41, 5.74) is 0. The van der Waals surface area contributed by atoms with E-state index in [2.05, 4.69) is 17.1 Å². The first kappa shape index (κ1) is 17.4. The van der Waals surface area contributed by atoms with Gasteiger partial charge in [-0.05, 0) is 12.8 Å². The lowest BCUT2D eigenvalue weighted by molar-refractivity contribution is -0.125. The Kier molecular flexibility index (Phi) is 8.82. The largest absolute Gasteiger partial charge is 0.383 e. The summed E-state index contributed by atoms with van der Waals surface area (Å²) < 4.78 is 10.5. The summed E-state index contributed by atoms with van der Waals surface area (Å²) in [6, 6.07) is -0.0683. The Morgan fingerprint density at radius 2 is 2.10 bits per heavy atom. The summed E-state index contributed by atoms with van der Waals surface area (Å²) in [4.78, 5) is 14.4. The van der Waals surface area contributed by atoms with Crippen molar-refractivity contribution in [2.75, 3.05) is 40.5 Å². The Bertz CT molecular complexity index is 274. The molecule has 1 fully saturated rings. The van der Waals surface area contributed by atoms with Crippen LogP contribution in [0.25, 0.3) is 0 Å². The third-order valence-corrected chi connectivity index (χ3v) is 3.91. The Morgan fingerprint density at radius 3 is 2.75 bits per heavy atom. The predicted octanol–water partition coefficient (Wildman–Crippen LogP) is 1.42. The van der Waals surface area contributed by atoms with E-state index >= 15 is 0 Å². The maximum atomic E-state index is 12.3. The second-order valence-corrected chi connectivity index (χ2v) is 5.45. The molecule has 20 heavy (non-hydrogen) atoms. The van der Waals surface area contributed by atoms with Gasteiger partial charge in [-0.15, -0.1) is 0 Å². The lowest BCUT2D eigenvalue weighted by Gasteiger charge is -2.22. The van der Waals surface area contributed by atoms with Crippen LogP contribution in [-0.2, 0) is 14.3 Å². The van der Waals surface area contributed by atoms with E-state index in [1.54, 1.807) is 14.2 Å². The van der Waals surface area contributed by atoms with Crippen LogP contribution < -0.4 is 5.32 Å². The van der Waals surface area contributed by atoms with Crippen LogP contribution in [0.3, 0.4) is 0 Å². The number of nitrogens with one attached hydrogen (secondary N) is 1. The second kappa shape index (κ2) is 10.1. The Balaban J connectivity index is 2.34. The molecule has 2 atom stereocenters. The molecule has 0 bridgehead atoms. The smallest absolute Gasteiger partial charge is 0.237 e. The summed E-state index contributed by atoms with van der Waals surface area (Å²) in [6.07, 6.45) is 5.65. The molecule has 0 aliphatic carbocycles. The highest BCUT2D eigenvalue weighted by molar-refractivity contribution is 5.82. The van der Waals surface area contributed by atoms with Crippen LogP contribution in [-0.4, -0.2) is 63.4 Å². The number of hydrogen-bond acceptors (Lipinski definition) is 4. The van der Waals surface area contributed by atoms with E-state index in [-0.39, 0.29) is 18.1 Å². The highest BCUT2D eigenvalue weighted by atomic mass is 16.5. The average molecular weight is 286 g/mol. The van der Waals surface area contributed by atoms with Crippen molar-refractivity contribution in [1.82, 2.24) is 10.2 Å². The van der Waals surface area contributed by atoms with Crippen molar-refractivity contribution in [2.24, 2.45) is 0 Å². The first-order chi connectivity index (χ1) is 9.72. The van der Waals surface area contributed by atoms with Gasteiger partial charge in [0.25, 0.3) is 0 Å². The van der Waals surface area contributed by atoms with Gasteiger partial charge in [-0.1, -0.05) is 26.2 Å². The molecule has 1 amide bonds. The monoisotopic (exact) mass is 286 g/mol. The minimum Gasteiger partial charge on any atom is -0.383 e. The van der Waals surface area contributed by atoms with E-state index in [4.69, 9.17) is 9.47 Å². The molecular weight excluding hydrogens is 256 g/mol. The quantitative estimate of drug-likeness (QED) is 0.617. The minimum absolute atomic E-state index is 0.0683. The van der Waals surface area contributed by atoms with E-state index in [9.17, 15) is 4.79 Å². The molecule has 0 aromatic rings. The van der Waals surface area contributed by atoms with E-state index in [1.165, 1.54) is 19.3 Å². The Morgan fingerprint density at radius 1 is 1.30 bits per heavy atom. The van der Waals surface area contributed by atoms with E-state index in [0.717, 1.165) is 32.5 Å². The first-order valence-corrected chi connectivity index (χ1v) is 7.76. The standard InChI is InChI=1S/C15H30N2O3/c1-4-5-6-7-8-16-15(18)14-11-13(20-3)12-17(14)9-10-19-2/h13-14H,4-12H2,1-3H3,(H,16,18). The molecule has 0 aromatic carbocycles. The van der Waals surface area contributed by atoms with Crippen molar-refractivity contribution < 1.29 is 14.3 Å². The molecule has 118 valence electrons. The fourth-order valence-corrected chi connectivity index (χ4v) is 2.64. The molecule has 0 radical (unpaired) electrons. The lowest BCUT2D eigenvalue weighted by atomic mass is 10.1. The zero-order valence-electron chi connectivity index (χ0n) is 13.2. The van der Waals surface area contributed by atoms with Crippen molar-refractivity contribution in [1.29, 1.82) is 0 Å². The SMILES string of the molecule is CCCCCCNC(=O)C1CC(OC)CN1CCOC. The van der Waals surface area contributed by atoms with Gasteiger partial charge in [-0.25, -0.2) is 0 Å². The molecule has 0 aromatic heterocycles. The fourth-order valence-electron chi connectivity index (χ4n) is 2.64. The first-order valence-electron chi connectivity index (χ1n) is 7.76. The molecule has 0 spiro atoms. The molecule has 1 heterocycles. The van der Waals surface area contributed by atoms with Crippen LogP contribution in [0.4, 0.5) is 0 Å². The number of hydrogen-bond donors (Lipinski definition) is 1. The predicted molar refractivity (Wildman–Crippen MR) is 79.8 cm³/mol. The fraction of sp³-hybridized carbons (Fsp3) is 0.933. The van der Waals surface area contributed by atoms with Crippen molar-refractivity contribution in [2.45, 2.75) is 51.2 Å². The van der Waals surface area contributed by atoms with Gasteiger partial charge in [0.15, 0.2) is 0 Å². The highest BCUT2D eigenvalue weighted by Gasteiger charge is 2.36. The number of likely N-dealkylation sites (tertiary alicyclic amines) is 1. The summed E-state index contributed by atoms with van der Waals surface area (Å²) >= 11 is 0. The van der Waals surface area contributed by atoms with Gasteiger partial charge in [0.1, 0.15) is 0 Å². The number of unbranched alkanes of at least 4 members (excludes halogenated alkanes) is 3. The van der Waals surface area contributed by atoms with Gasteiger partial charge in [-0.3, -0.25) is 9.69 Å². The molecule has 1 saturated heterocycles. The Labute approximate surface area is 123 Å². The summed E-state index contributed by atoms with van der Waals surface area (Å²) in [6.45, 7) is 5.22. The molecule has 1 aliphatic heterocycles. The molecule has 0 saturated carbocycles. The summed E-state index contributed by atoms with van der Waals surface area (Å²) in [5.74, 6) is 0.136. The molecule has 1 N–H and O–H groups in total. The third-order valence-electron chi connectivity index (χ3n) is 3.91. The van der Waals surface area contributed by atoms with E-state index in [0.29, 0.717) is 6.61 Å². The third kappa shape index (κ3) is 5.77. The van der Waals surface area contributed by atoms with Crippen LogP contribution in [0.1, 0.15) is 39.0 Å². The Hall–Kier alpha value is -0.650. The van der Waals surface area contributed by atoms with Gasteiger partial charge in [0, 0.05) is 33.9 Å². The van der Waals surface area contributed by atoms with Crippen LogP contribution in [0.15, 0.2) is 0 Å². The zero-order valence-corrected chi connectivity index (χ0v) is 13.2. The topological polar surface area (TPSA) is 50.8 Å². The number of carbonyl (C=O) groups excluding carboxylic acids is 1. The maximum absolute atomic E-state index is 12.3. The number of methoxy groups -OCH3 is 2. The second-order valence-electron chi connectivity index (χ2n) is 5.45. The van der Waals surface area contributed by atoms with Gasteiger partial charge in [-0.2, -0.15) is 0 Å². The minimum atomic E-state index is -0.0683. The maximum Gasteiger partial charge on any atom is 0.237 e. The van der Waals surface area contributed by atoms with Crippen LogP contribution >= 0.6 is 0 Å². The number of ether oxygens (including phenoxy) is 2. The van der Waals surface area contributed by atoms with Crippen LogP contribution in [0.2, 0.25) is 0 Å². The molecule has 1 rings (SSSR count). The van der Waals surface area contributed by atoms with E-state index in [1.807, 2.05) is 0 Å². The molecule has 5 heteroatoms. The van der Waals surface area contributed by atoms with Crippen molar-refractivity contribution in [3.63, 3.8) is 0 Å². The molecular formula is C15H30N2O3. The summed E-state index contributed by atoms with van der Waals surface area (Å²) in [7, 11) is 3.40.